The van der Waals surface area contributed by atoms with Crippen molar-refractivity contribution in [1.29, 1.82) is 0 Å². The summed E-state index contributed by atoms with van der Waals surface area (Å²) in [6.07, 6.45) is 0. The van der Waals surface area contributed by atoms with Crippen molar-refractivity contribution in [1.82, 2.24) is 20.4 Å². The summed E-state index contributed by atoms with van der Waals surface area (Å²) in [7, 11) is 6.23. The lowest BCUT2D eigenvalue weighted by molar-refractivity contribution is 0.116. The van der Waals surface area contributed by atoms with Crippen LogP contribution in [0.3, 0.4) is 0 Å². The lowest BCUT2D eigenvalue weighted by Gasteiger charge is -2.38. The van der Waals surface area contributed by atoms with Gasteiger partial charge in [-0.15, -0.1) is 35.7 Å². The fraction of sp³-hybridized carbons (Fsp3) is 0.632. The van der Waals surface area contributed by atoms with E-state index in [-0.39, 0.29) is 28.7 Å². The molecule has 1 fully saturated rings. The van der Waals surface area contributed by atoms with Crippen LogP contribution < -0.4 is 10.6 Å². The molecule has 5 nitrogen and oxygen atoms in total. The maximum absolute atomic E-state index is 4.39. The van der Waals surface area contributed by atoms with Crippen LogP contribution in [0.1, 0.15) is 13.8 Å². The Balaban J connectivity index is 0.00000364. The summed E-state index contributed by atoms with van der Waals surface area (Å²) >= 11 is 5.36. The lowest BCUT2D eigenvalue weighted by atomic mass is 10.2. The predicted octanol–water partition coefficient (Wildman–Crippen LogP) is 3.35. The van der Waals surface area contributed by atoms with Crippen LogP contribution in [0.25, 0.3) is 0 Å². The van der Waals surface area contributed by atoms with E-state index in [0.717, 1.165) is 43.2 Å². The number of hydrogen-bond acceptors (Lipinski definition) is 4. The fourth-order valence-corrected chi connectivity index (χ4v) is 4.23. The first-order valence-corrected chi connectivity index (χ1v) is 10.7. The quantitative estimate of drug-likeness (QED) is 0.238. The smallest absolute Gasteiger partial charge is 0.191 e. The van der Waals surface area contributed by atoms with Gasteiger partial charge in [0.25, 0.3) is 0 Å². The molecule has 1 unspecified atom stereocenters. The summed E-state index contributed by atoms with van der Waals surface area (Å²) in [6, 6.07) is 8.99. The van der Waals surface area contributed by atoms with Crippen molar-refractivity contribution in [2.24, 2.45) is 4.99 Å². The number of benzene rings is 1. The minimum Gasteiger partial charge on any atom is -0.355 e. The van der Waals surface area contributed by atoms with Crippen LogP contribution in [-0.4, -0.2) is 80.4 Å². The second-order valence-electron chi connectivity index (χ2n) is 7.52. The van der Waals surface area contributed by atoms with Gasteiger partial charge in [0.1, 0.15) is 0 Å². The molecule has 0 radical (unpaired) electrons. The first kappa shape index (κ1) is 25.0. The number of nitrogens with zero attached hydrogens (tertiary/aromatic N) is 3. The van der Waals surface area contributed by atoms with Gasteiger partial charge < -0.3 is 15.5 Å². The molecular formula is C19H33BrIN5S. The second-order valence-corrected chi connectivity index (χ2v) is 10.2. The molecule has 0 bridgehead atoms. The molecule has 1 heterocycles. The molecule has 0 aliphatic carbocycles. The van der Waals surface area contributed by atoms with Gasteiger partial charge >= 0.3 is 0 Å². The zero-order chi connectivity index (χ0) is 19.2. The van der Waals surface area contributed by atoms with Gasteiger partial charge in [-0.1, -0.05) is 15.9 Å². The van der Waals surface area contributed by atoms with Gasteiger partial charge in [-0.3, -0.25) is 9.89 Å². The highest BCUT2D eigenvalue weighted by molar-refractivity contribution is 14.0. The molecule has 1 atom stereocenters. The maximum atomic E-state index is 4.39. The van der Waals surface area contributed by atoms with Gasteiger partial charge in [0.05, 0.1) is 0 Å². The zero-order valence-electron chi connectivity index (χ0n) is 17.0. The van der Waals surface area contributed by atoms with Gasteiger partial charge in [-0.05, 0) is 52.2 Å². The summed E-state index contributed by atoms with van der Waals surface area (Å²) in [5, 5.41) is 6.97. The van der Waals surface area contributed by atoms with E-state index < -0.39 is 0 Å². The summed E-state index contributed by atoms with van der Waals surface area (Å²) in [5.74, 6) is 0.871. The number of thioether (sulfide) groups is 1. The third kappa shape index (κ3) is 8.89. The van der Waals surface area contributed by atoms with Crippen LogP contribution in [0, 0.1) is 0 Å². The third-order valence-corrected chi connectivity index (χ3v) is 6.33. The fourth-order valence-electron chi connectivity index (χ4n) is 2.91. The molecule has 0 aromatic heterocycles. The van der Waals surface area contributed by atoms with Crippen molar-refractivity contribution in [3.63, 3.8) is 0 Å². The summed E-state index contributed by atoms with van der Waals surface area (Å²) < 4.78 is 1.17. The average molecular weight is 570 g/mol. The highest BCUT2D eigenvalue weighted by atomic mass is 127. The van der Waals surface area contributed by atoms with Gasteiger partial charge in [-0.25, -0.2) is 0 Å². The second kappa shape index (κ2) is 11.8. The Morgan fingerprint density at radius 2 is 1.89 bits per heavy atom. The van der Waals surface area contributed by atoms with E-state index in [2.05, 4.69) is 93.6 Å². The zero-order valence-corrected chi connectivity index (χ0v) is 21.7. The van der Waals surface area contributed by atoms with Crippen LogP contribution >= 0.6 is 51.7 Å². The molecule has 2 N–H and O–H groups in total. The predicted molar refractivity (Wildman–Crippen MR) is 133 cm³/mol. The van der Waals surface area contributed by atoms with Gasteiger partial charge in [0.2, 0.25) is 0 Å². The Morgan fingerprint density at radius 3 is 2.52 bits per heavy atom. The number of likely N-dealkylation sites (N-methyl/N-ethyl adjacent to an activating group) is 2. The topological polar surface area (TPSA) is 42.9 Å². The van der Waals surface area contributed by atoms with E-state index in [1.54, 1.807) is 0 Å². The van der Waals surface area contributed by atoms with E-state index in [0.29, 0.717) is 6.04 Å². The molecule has 1 aliphatic heterocycles. The number of piperazine rings is 1. The molecule has 1 aromatic carbocycles. The minimum atomic E-state index is 0. The first-order chi connectivity index (χ1) is 12.3. The van der Waals surface area contributed by atoms with Crippen molar-refractivity contribution in [3.8, 4) is 0 Å². The summed E-state index contributed by atoms with van der Waals surface area (Å²) in [5.41, 5.74) is 0. The monoisotopic (exact) mass is 569 g/mol. The van der Waals surface area contributed by atoms with Crippen LogP contribution in [0.4, 0.5) is 0 Å². The van der Waals surface area contributed by atoms with Crippen molar-refractivity contribution < 1.29 is 0 Å². The number of hydrogen-bond donors (Lipinski definition) is 2. The van der Waals surface area contributed by atoms with Gasteiger partial charge in [0.15, 0.2) is 5.96 Å². The Bertz CT molecular complexity index is 596. The standard InChI is InChI=1S/C19H32BrN5S.HI/c1-19(2,26-17-8-6-15(20)7-9-17)14-23-18(21-3)22-12-16-13-24(4)10-11-25(16)5;/h6-9,16H,10-14H2,1-5H3,(H2,21,22,23);1H. The van der Waals surface area contributed by atoms with Crippen molar-refractivity contribution >= 4 is 57.6 Å². The van der Waals surface area contributed by atoms with E-state index in [4.69, 9.17) is 0 Å². The Morgan fingerprint density at radius 1 is 1.22 bits per heavy atom. The molecular weight excluding hydrogens is 537 g/mol. The molecule has 1 saturated heterocycles. The van der Waals surface area contributed by atoms with Crippen LogP contribution in [0.5, 0.6) is 0 Å². The van der Waals surface area contributed by atoms with E-state index >= 15 is 0 Å². The minimum absolute atomic E-state index is 0. The molecule has 0 amide bonds. The van der Waals surface area contributed by atoms with Crippen LogP contribution in [0.2, 0.25) is 0 Å². The SMILES string of the molecule is CN=C(NCC1CN(C)CCN1C)NCC(C)(C)Sc1ccc(Br)cc1.I. The summed E-state index contributed by atoms with van der Waals surface area (Å²) in [6.45, 7) is 9.60. The highest BCUT2D eigenvalue weighted by Crippen LogP contribution is 2.32. The van der Waals surface area contributed by atoms with E-state index in [1.165, 1.54) is 4.90 Å². The largest absolute Gasteiger partial charge is 0.355 e. The molecule has 154 valence electrons. The van der Waals surface area contributed by atoms with Crippen LogP contribution in [0.15, 0.2) is 38.6 Å². The number of nitrogens with one attached hydrogen (secondary N) is 2. The van der Waals surface area contributed by atoms with E-state index in [1.807, 2.05) is 18.8 Å². The highest BCUT2D eigenvalue weighted by Gasteiger charge is 2.23. The maximum Gasteiger partial charge on any atom is 0.191 e. The van der Waals surface area contributed by atoms with Gasteiger partial charge in [0, 0.05) is 59.9 Å². The van der Waals surface area contributed by atoms with E-state index in [9.17, 15) is 0 Å². The molecule has 1 aliphatic rings. The molecule has 2 rings (SSSR count). The van der Waals surface area contributed by atoms with Crippen molar-refractivity contribution in [2.45, 2.75) is 29.5 Å². The van der Waals surface area contributed by atoms with Crippen molar-refractivity contribution in [3.05, 3.63) is 28.7 Å². The summed E-state index contributed by atoms with van der Waals surface area (Å²) in [4.78, 5) is 10.5. The molecule has 0 saturated carbocycles. The molecule has 0 spiro atoms. The Labute approximate surface area is 194 Å². The normalized spacial score (nSPS) is 19.5. The Hall–Kier alpha value is -0.0300. The number of halogens is 2. The first-order valence-electron chi connectivity index (χ1n) is 9.07. The molecule has 27 heavy (non-hydrogen) atoms. The van der Waals surface area contributed by atoms with Crippen molar-refractivity contribution in [2.75, 3.05) is 53.9 Å². The average Bonchev–Trinajstić information content (AvgIpc) is 2.59. The third-order valence-electron chi connectivity index (χ3n) is 4.60. The lowest BCUT2D eigenvalue weighted by Crippen LogP contribution is -2.55. The number of rotatable bonds is 6. The van der Waals surface area contributed by atoms with Crippen LogP contribution in [-0.2, 0) is 0 Å². The van der Waals surface area contributed by atoms with Gasteiger partial charge in [-0.2, -0.15) is 0 Å². The Kier molecular flexibility index (Phi) is 11.0. The number of aliphatic imine (C=N–C) groups is 1. The number of guanidine groups is 1. The molecule has 1 aromatic rings. The molecule has 8 heteroatoms.